The van der Waals surface area contributed by atoms with Crippen LogP contribution in [0.3, 0.4) is 0 Å². The Labute approximate surface area is 125 Å². The van der Waals surface area contributed by atoms with Gasteiger partial charge < -0.3 is 19.7 Å². The van der Waals surface area contributed by atoms with E-state index in [2.05, 4.69) is 10.3 Å². The van der Waals surface area contributed by atoms with E-state index in [0.29, 0.717) is 32.9 Å². The number of pyridine rings is 1. The Bertz CT molecular complexity index is 461. The number of rotatable bonds is 5. The molecule has 0 aliphatic carbocycles. The fourth-order valence-electron chi connectivity index (χ4n) is 2.23. The van der Waals surface area contributed by atoms with Crippen LogP contribution in [-0.4, -0.2) is 62.0 Å². The number of amides is 2. The molecule has 21 heavy (non-hydrogen) atoms. The van der Waals surface area contributed by atoms with E-state index in [1.807, 2.05) is 19.1 Å². The summed E-state index contributed by atoms with van der Waals surface area (Å²) in [5.74, 6) is 0. The number of ether oxygens (including phenoxy) is 2. The van der Waals surface area contributed by atoms with E-state index in [-0.39, 0.29) is 12.1 Å². The van der Waals surface area contributed by atoms with Crippen molar-refractivity contribution in [1.29, 1.82) is 0 Å². The van der Waals surface area contributed by atoms with Crippen molar-refractivity contribution in [1.82, 2.24) is 15.2 Å². The van der Waals surface area contributed by atoms with Crippen LogP contribution in [0.5, 0.6) is 0 Å². The number of aryl methyl sites for hydroxylation is 1. The molecule has 0 saturated carbocycles. The summed E-state index contributed by atoms with van der Waals surface area (Å²) in [6.45, 7) is 4.91. The molecule has 1 saturated heterocycles. The van der Waals surface area contributed by atoms with Crippen LogP contribution in [0.2, 0.25) is 0 Å². The fourth-order valence-corrected chi connectivity index (χ4v) is 2.23. The van der Waals surface area contributed by atoms with Crippen molar-refractivity contribution >= 4 is 6.03 Å². The second kappa shape index (κ2) is 7.95. The number of hydrogen-bond acceptors (Lipinski definition) is 4. The van der Waals surface area contributed by atoms with E-state index >= 15 is 0 Å². The van der Waals surface area contributed by atoms with Gasteiger partial charge in [-0.3, -0.25) is 4.98 Å². The lowest BCUT2D eigenvalue weighted by Gasteiger charge is -2.27. The second-order valence-electron chi connectivity index (χ2n) is 5.20. The molecule has 1 aromatic heterocycles. The predicted octanol–water partition coefficient (Wildman–Crippen LogP) is 0.989. The molecule has 1 atom stereocenters. The van der Waals surface area contributed by atoms with Gasteiger partial charge in [0, 0.05) is 31.9 Å². The van der Waals surface area contributed by atoms with Crippen molar-refractivity contribution in [3.63, 3.8) is 0 Å². The Morgan fingerprint density at radius 3 is 3.10 bits per heavy atom. The van der Waals surface area contributed by atoms with Crippen molar-refractivity contribution in [2.45, 2.75) is 19.4 Å². The minimum absolute atomic E-state index is 0.0347. The first-order valence-electron chi connectivity index (χ1n) is 7.25. The molecule has 1 N–H and O–H groups in total. The number of nitrogens with zero attached hydrogens (tertiary/aromatic N) is 2. The van der Waals surface area contributed by atoms with Gasteiger partial charge in [-0.15, -0.1) is 0 Å². The molecule has 0 bridgehead atoms. The summed E-state index contributed by atoms with van der Waals surface area (Å²) in [6, 6.07) is 3.84. The van der Waals surface area contributed by atoms with Gasteiger partial charge in [-0.2, -0.15) is 0 Å². The molecule has 2 rings (SSSR count). The molecular formula is C15H23N3O3. The number of hydrogen-bond donors (Lipinski definition) is 1. The largest absolute Gasteiger partial charge is 0.376 e. The van der Waals surface area contributed by atoms with E-state index in [0.717, 1.165) is 17.7 Å². The van der Waals surface area contributed by atoms with Gasteiger partial charge in [0.1, 0.15) is 0 Å². The van der Waals surface area contributed by atoms with Gasteiger partial charge in [0.2, 0.25) is 0 Å². The molecule has 0 aromatic carbocycles. The molecule has 6 heteroatoms. The summed E-state index contributed by atoms with van der Waals surface area (Å²) in [7, 11) is 1.76. The van der Waals surface area contributed by atoms with Crippen LogP contribution in [0, 0.1) is 6.92 Å². The smallest absolute Gasteiger partial charge is 0.317 e. The first-order valence-corrected chi connectivity index (χ1v) is 7.25. The lowest BCUT2D eigenvalue weighted by Crippen LogP contribution is -2.45. The van der Waals surface area contributed by atoms with E-state index in [1.165, 1.54) is 0 Å². The minimum Gasteiger partial charge on any atom is -0.376 e. The quantitative estimate of drug-likeness (QED) is 0.879. The van der Waals surface area contributed by atoms with Gasteiger partial charge >= 0.3 is 6.03 Å². The van der Waals surface area contributed by atoms with Crippen molar-refractivity contribution in [3.05, 3.63) is 29.6 Å². The number of urea groups is 1. The van der Waals surface area contributed by atoms with E-state index in [4.69, 9.17) is 9.47 Å². The summed E-state index contributed by atoms with van der Waals surface area (Å²) in [5.41, 5.74) is 2.16. The SMILES string of the molecule is Cc1cccnc1CCNC(=O)N(C)C[C@@H]1COCCO1. The van der Waals surface area contributed by atoms with E-state index in [1.54, 1.807) is 18.1 Å². The molecule has 1 aromatic rings. The zero-order valence-electron chi connectivity index (χ0n) is 12.7. The first kappa shape index (κ1) is 15.7. The minimum atomic E-state index is -0.0993. The summed E-state index contributed by atoms with van der Waals surface area (Å²) in [4.78, 5) is 17.9. The average molecular weight is 293 g/mol. The standard InChI is InChI=1S/C15H23N3O3/c1-12-4-3-6-16-14(12)5-7-17-15(19)18(2)10-13-11-20-8-9-21-13/h3-4,6,13H,5,7-11H2,1-2H3,(H,17,19)/t13-/m1/s1. The molecule has 116 valence electrons. The number of carbonyl (C=O) groups is 1. The molecule has 0 radical (unpaired) electrons. The molecule has 2 heterocycles. The van der Waals surface area contributed by atoms with Crippen molar-refractivity contribution < 1.29 is 14.3 Å². The highest BCUT2D eigenvalue weighted by Gasteiger charge is 2.19. The van der Waals surface area contributed by atoms with Gasteiger partial charge in [-0.1, -0.05) is 6.07 Å². The summed E-state index contributed by atoms with van der Waals surface area (Å²) in [6.07, 6.45) is 2.47. The molecule has 0 spiro atoms. The summed E-state index contributed by atoms with van der Waals surface area (Å²) in [5, 5.41) is 2.90. The molecule has 6 nitrogen and oxygen atoms in total. The second-order valence-corrected chi connectivity index (χ2v) is 5.20. The third-order valence-electron chi connectivity index (χ3n) is 3.47. The average Bonchev–Trinajstić information content (AvgIpc) is 2.50. The third-order valence-corrected chi connectivity index (χ3v) is 3.47. The van der Waals surface area contributed by atoms with Gasteiger partial charge in [0.25, 0.3) is 0 Å². The van der Waals surface area contributed by atoms with Gasteiger partial charge in [-0.25, -0.2) is 4.79 Å². The lowest BCUT2D eigenvalue weighted by atomic mass is 10.2. The van der Waals surface area contributed by atoms with Gasteiger partial charge in [-0.05, 0) is 18.6 Å². The number of nitrogens with one attached hydrogen (secondary N) is 1. The highest BCUT2D eigenvalue weighted by molar-refractivity contribution is 5.73. The zero-order valence-corrected chi connectivity index (χ0v) is 12.7. The monoisotopic (exact) mass is 293 g/mol. The number of aromatic nitrogens is 1. The molecule has 1 aliphatic heterocycles. The van der Waals surface area contributed by atoms with Crippen LogP contribution in [-0.2, 0) is 15.9 Å². The highest BCUT2D eigenvalue weighted by Crippen LogP contribution is 2.04. The molecule has 1 aliphatic rings. The topological polar surface area (TPSA) is 63.7 Å². The molecular weight excluding hydrogens is 270 g/mol. The van der Waals surface area contributed by atoms with Gasteiger partial charge in [0.15, 0.2) is 0 Å². The van der Waals surface area contributed by atoms with Gasteiger partial charge in [0.05, 0.1) is 32.5 Å². The molecule has 2 amide bonds. The maximum atomic E-state index is 12.0. The van der Waals surface area contributed by atoms with Crippen LogP contribution in [0.1, 0.15) is 11.3 Å². The Morgan fingerprint density at radius 2 is 2.38 bits per heavy atom. The first-order chi connectivity index (χ1) is 10.2. The van der Waals surface area contributed by atoms with E-state index in [9.17, 15) is 4.79 Å². The Kier molecular flexibility index (Phi) is 5.95. The Balaban J connectivity index is 1.70. The van der Waals surface area contributed by atoms with Crippen molar-refractivity contribution in [2.75, 3.05) is 40.0 Å². The normalized spacial score (nSPS) is 18.3. The Hall–Kier alpha value is -1.66. The Morgan fingerprint density at radius 1 is 1.52 bits per heavy atom. The van der Waals surface area contributed by atoms with Crippen LogP contribution >= 0.6 is 0 Å². The maximum absolute atomic E-state index is 12.0. The van der Waals surface area contributed by atoms with E-state index < -0.39 is 0 Å². The van der Waals surface area contributed by atoms with Crippen molar-refractivity contribution in [3.8, 4) is 0 Å². The molecule has 0 unspecified atom stereocenters. The number of likely N-dealkylation sites (N-methyl/N-ethyl adjacent to an activating group) is 1. The summed E-state index contributed by atoms with van der Waals surface area (Å²) < 4.78 is 10.9. The fraction of sp³-hybridized carbons (Fsp3) is 0.600. The van der Waals surface area contributed by atoms with Crippen LogP contribution in [0.15, 0.2) is 18.3 Å². The third kappa shape index (κ3) is 4.99. The molecule has 1 fully saturated rings. The van der Waals surface area contributed by atoms with Crippen molar-refractivity contribution in [2.24, 2.45) is 0 Å². The lowest BCUT2D eigenvalue weighted by molar-refractivity contribution is -0.0928. The summed E-state index contributed by atoms with van der Waals surface area (Å²) >= 11 is 0. The zero-order chi connectivity index (χ0) is 15.1. The van der Waals surface area contributed by atoms with Crippen LogP contribution < -0.4 is 5.32 Å². The predicted molar refractivity (Wildman–Crippen MR) is 79.3 cm³/mol. The van der Waals surface area contributed by atoms with Crippen LogP contribution in [0.4, 0.5) is 4.79 Å². The van der Waals surface area contributed by atoms with Crippen LogP contribution in [0.25, 0.3) is 0 Å². The number of carbonyl (C=O) groups excluding carboxylic acids is 1. The highest BCUT2D eigenvalue weighted by atomic mass is 16.6. The maximum Gasteiger partial charge on any atom is 0.317 e.